The number of carbonyl (C=O) groups excluding carboxylic acids is 1. The normalized spacial score (nSPS) is 17.8. The fourth-order valence-corrected chi connectivity index (χ4v) is 4.08. The van der Waals surface area contributed by atoms with E-state index in [0.29, 0.717) is 12.8 Å². The van der Waals surface area contributed by atoms with Crippen molar-refractivity contribution in [1.29, 1.82) is 0 Å². The van der Waals surface area contributed by atoms with E-state index < -0.39 is 32.5 Å². The Kier molecular flexibility index (Phi) is 4.58. The van der Waals surface area contributed by atoms with Crippen molar-refractivity contribution >= 4 is 15.9 Å². The summed E-state index contributed by atoms with van der Waals surface area (Å²) in [5.74, 6) is -2.63. The van der Waals surface area contributed by atoms with E-state index in [-0.39, 0.29) is 25.4 Å². The first-order chi connectivity index (χ1) is 9.82. The van der Waals surface area contributed by atoms with Crippen LogP contribution < -0.4 is 5.73 Å². The molecule has 0 spiro atoms. The monoisotopic (exact) mass is 318 g/mol. The second-order valence-electron chi connectivity index (χ2n) is 5.07. The lowest BCUT2D eigenvalue weighted by Gasteiger charge is -2.30. The molecule has 1 saturated heterocycles. The smallest absolute Gasteiger partial charge is 0.248 e. The Labute approximate surface area is 121 Å². The van der Waals surface area contributed by atoms with Gasteiger partial charge in [0.25, 0.3) is 0 Å². The number of rotatable bonds is 4. The zero-order valence-corrected chi connectivity index (χ0v) is 12.1. The highest BCUT2D eigenvalue weighted by molar-refractivity contribution is 7.89. The minimum atomic E-state index is -4.21. The van der Waals surface area contributed by atoms with Gasteiger partial charge < -0.3 is 5.73 Å². The van der Waals surface area contributed by atoms with E-state index in [1.165, 1.54) is 0 Å². The molecule has 116 valence electrons. The van der Waals surface area contributed by atoms with Crippen molar-refractivity contribution in [1.82, 2.24) is 4.31 Å². The molecule has 8 heteroatoms. The highest BCUT2D eigenvalue weighted by Gasteiger charge is 2.33. The van der Waals surface area contributed by atoms with Gasteiger partial charge in [-0.3, -0.25) is 4.79 Å². The third-order valence-electron chi connectivity index (χ3n) is 3.58. The summed E-state index contributed by atoms with van der Waals surface area (Å²) in [4.78, 5) is 9.93. The van der Waals surface area contributed by atoms with E-state index in [1.54, 1.807) is 0 Å². The molecule has 1 aromatic carbocycles. The van der Waals surface area contributed by atoms with Gasteiger partial charge in [0.1, 0.15) is 11.6 Å². The Balaban J connectivity index is 2.17. The predicted molar refractivity (Wildman–Crippen MR) is 71.7 cm³/mol. The minimum Gasteiger partial charge on any atom is -0.370 e. The summed E-state index contributed by atoms with van der Waals surface area (Å²) >= 11 is 0. The van der Waals surface area contributed by atoms with Crippen molar-refractivity contribution in [3.8, 4) is 0 Å². The van der Waals surface area contributed by atoms with E-state index in [9.17, 15) is 22.0 Å². The summed E-state index contributed by atoms with van der Waals surface area (Å²) in [6.07, 6.45) is 1.08. The average molecular weight is 318 g/mol. The van der Waals surface area contributed by atoms with E-state index >= 15 is 0 Å². The van der Waals surface area contributed by atoms with Crippen LogP contribution in [-0.2, 0) is 14.8 Å². The molecule has 1 heterocycles. The molecule has 21 heavy (non-hydrogen) atoms. The molecule has 1 aliphatic heterocycles. The van der Waals surface area contributed by atoms with Gasteiger partial charge in [-0.25, -0.2) is 17.2 Å². The molecule has 0 radical (unpaired) electrons. The van der Waals surface area contributed by atoms with Crippen molar-refractivity contribution in [3.63, 3.8) is 0 Å². The molecule has 1 aromatic rings. The first-order valence-corrected chi connectivity index (χ1v) is 7.99. The summed E-state index contributed by atoms with van der Waals surface area (Å²) in [6.45, 7) is 0.238. The van der Waals surface area contributed by atoms with E-state index in [1.807, 2.05) is 0 Å². The van der Waals surface area contributed by atoms with E-state index in [0.717, 1.165) is 22.5 Å². The summed E-state index contributed by atoms with van der Waals surface area (Å²) in [6, 6.07) is 2.94. The summed E-state index contributed by atoms with van der Waals surface area (Å²) in [5.41, 5.74) is 5.10. The number of nitrogens with two attached hydrogens (primary N) is 1. The number of nitrogens with zero attached hydrogens (tertiary/aromatic N) is 1. The standard InChI is InChI=1S/C13H16F2N2O3S/c14-10-2-1-3-11(15)13(10)21(19,20)17-6-4-9(5-7-17)8-12(16)18/h1-3,9H,4-8H2,(H2,16,18). The lowest BCUT2D eigenvalue weighted by molar-refractivity contribution is -0.119. The van der Waals surface area contributed by atoms with Crippen LogP contribution in [0.15, 0.2) is 23.1 Å². The first kappa shape index (κ1) is 15.8. The molecule has 1 aliphatic rings. The SMILES string of the molecule is NC(=O)CC1CCN(S(=O)(=O)c2c(F)cccc2F)CC1. The molecule has 0 unspecified atom stereocenters. The number of hydrogen-bond donors (Lipinski definition) is 1. The van der Waals surface area contributed by atoms with Crippen molar-refractivity contribution in [2.75, 3.05) is 13.1 Å². The van der Waals surface area contributed by atoms with Crippen LogP contribution in [0, 0.1) is 17.6 Å². The van der Waals surface area contributed by atoms with Crippen molar-refractivity contribution in [3.05, 3.63) is 29.8 Å². The third-order valence-corrected chi connectivity index (χ3v) is 5.53. The van der Waals surface area contributed by atoms with Crippen molar-refractivity contribution in [2.24, 2.45) is 11.7 Å². The first-order valence-electron chi connectivity index (χ1n) is 6.55. The van der Waals surface area contributed by atoms with Gasteiger partial charge in [-0.1, -0.05) is 6.07 Å². The molecule has 0 bridgehead atoms. The maximum Gasteiger partial charge on any atom is 0.248 e. The van der Waals surface area contributed by atoms with Crippen LogP contribution in [0.2, 0.25) is 0 Å². The number of hydrogen-bond acceptors (Lipinski definition) is 3. The van der Waals surface area contributed by atoms with E-state index in [4.69, 9.17) is 5.73 Å². The Morgan fingerprint density at radius 1 is 1.24 bits per heavy atom. The number of piperidine rings is 1. The topological polar surface area (TPSA) is 80.5 Å². The molecule has 1 fully saturated rings. The van der Waals surface area contributed by atoms with Crippen LogP contribution in [0.1, 0.15) is 19.3 Å². The predicted octanol–water partition coefficient (Wildman–Crippen LogP) is 1.24. The Hall–Kier alpha value is -1.54. The lowest BCUT2D eigenvalue weighted by atomic mass is 9.94. The van der Waals surface area contributed by atoms with Gasteiger partial charge >= 0.3 is 0 Å². The maximum atomic E-state index is 13.6. The van der Waals surface area contributed by atoms with Gasteiger partial charge in [-0.05, 0) is 30.9 Å². The summed E-state index contributed by atoms with van der Waals surface area (Å²) in [7, 11) is -4.21. The van der Waals surface area contributed by atoms with Gasteiger partial charge in [0.15, 0.2) is 4.90 Å². The number of amides is 1. The number of halogens is 2. The van der Waals surface area contributed by atoms with Gasteiger partial charge in [0, 0.05) is 19.5 Å². The minimum absolute atomic E-state index is 0.0133. The van der Waals surface area contributed by atoms with Gasteiger partial charge in [-0.2, -0.15) is 4.31 Å². The zero-order valence-electron chi connectivity index (χ0n) is 11.3. The average Bonchev–Trinajstić information content (AvgIpc) is 2.38. The van der Waals surface area contributed by atoms with Gasteiger partial charge in [0.2, 0.25) is 15.9 Å². The maximum absolute atomic E-state index is 13.6. The van der Waals surface area contributed by atoms with Crippen LogP contribution in [0.5, 0.6) is 0 Å². The quantitative estimate of drug-likeness (QED) is 0.907. The molecular weight excluding hydrogens is 302 g/mol. The summed E-state index contributed by atoms with van der Waals surface area (Å²) < 4.78 is 53.0. The third kappa shape index (κ3) is 3.38. The number of sulfonamides is 1. The molecule has 5 nitrogen and oxygen atoms in total. The van der Waals surface area contributed by atoms with Gasteiger partial charge in [0.05, 0.1) is 0 Å². The van der Waals surface area contributed by atoms with Crippen LogP contribution in [0.4, 0.5) is 8.78 Å². The zero-order chi connectivity index (χ0) is 15.6. The Morgan fingerprint density at radius 3 is 2.24 bits per heavy atom. The molecule has 0 aromatic heterocycles. The highest BCUT2D eigenvalue weighted by Crippen LogP contribution is 2.28. The Bertz CT molecular complexity index is 621. The fourth-order valence-electron chi connectivity index (χ4n) is 2.50. The highest BCUT2D eigenvalue weighted by atomic mass is 32.2. The largest absolute Gasteiger partial charge is 0.370 e. The second-order valence-corrected chi connectivity index (χ2v) is 6.94. The summed E-state index contributed by atoms with van der Waals surface area (Å²) in [5, 5.41) is 0. The number of carbonyl (C=O) groups is 1. The molecule has 2 rings (SSSR count). The van der Waals surface area contributed by atoms with Crippen LogP contribution in [-0.4, -0.2) is 31.7 Å². The van der Waals surface area contributed by atoms with Crippen molar-refractivity contribution < 1.29 is 22.0 Å². The van der Waals surface area contributed by atoms with Crippen LogP contribution in [0.25, 0.3) is 0 Å². The second kappa shape index (κ2) is 6.07. The van der Waals surface area contributed by atoms with Gasteiger partial charge in [-0.15, -0.1) is 0 Å². The molecular formula is C13H16F2N2O3S. The molecule has 0 saturated carbocycles. The fraction of sp³-hybridized carbons (Fsp3) is 0.462. The molecule has 2 N–H and O–H groups in total. The molecule has 0 atom stereocenters. The molecule has 0 aliphatic carbocycles. The van der Waals surface area contributed by atoms with Crippen LogP contribution in [0.3, 0.4) is 0 Å². The molecule has 1 amide bonds. The Morgan fingerprint density at radius 2 is 1.76 bits per heavy atom. The van der Waals surface area contributed by atoms with Crippen LogP contribution >= 0.6 is 0 Å². The number of benzene rings is 1. The number of primary amides is 1. The van der Waals surface area contributed by atoms with Crippen molar-refractivity contribution in [2.45, 2.75) is 24.2 Å². The lowest BCUT2D eigenvalue weighted by Crippen LogP contribution is -2.39. The van der Waals surface area contributed by atoms with E-state index in [2.05, 4.69) is 0 Å².